The Morgan fingerprint density at radius 2 is 1.94 bits per heavy atom. The van der Waals surface area contributed by atoms with Gasteiger partial charge >= 0.3 is 0 Å². The van der Waals surface area contributed by atoms with Crippen LogP contribution < -0.4 is 5.32 Å². The average molecular weight is 493 g/mol. The Morgan fingerprint density at radius 3 is 2.62 bits per heavy atom. The highest BCUT2D eigenvalue weighted by Crippen LogP contribution is 2.29. The van der Waals surface area contributed by atoms with E-state index in [1.54, 1.807) is 19.2 Å². The van der Waals surface area contributed by atoms with Crippen molar-refractivity contribution in [3.05, 3.63) is 64.9 Å². The van der Waals surface area contributed by atoms with E-state index in [9.17, 15) is 13.2 Å². The molecule has 0 bridgehead atoms. The topological polar surface area (TPSA) is 84.3 Å². The van der Waals surface area contributed by atoms with E-state index in [2.05, 4.69) is 10.3 Å². The molecule has 0 fully saturated rings. The number of halogens is 1. The summed E-state index contributed by atoms with van der Waals surface area (Å²) in [6.07, 6.45) is 3.50. The number of benzene rings is 2. The SMILES string of the molecule is Cc1ccc(S(=O)(=O)N(C)C)cc1NC(=O)C(C)Sc1nccn1-c1cccc(Cl)c1C. The van der Waals surface area contributed by atoms with Gasteiger partial charge in [0.25, 0.3) is 0 Å². The van der Waals surface area contributed by atoms with E-state index in [-0.39, 0.29) is 10.8 Å². The minimum atomic E-state index is -3.60. The Kier molecular flexibility index (Phi) is 7.34. The second-order valence-electron chi connectivity index (χ2n) is 7.48. The molecule has 170 valence electrons. The summed E-state index contributed by atoms with van der Waals surface area (Å²) < 4.78 is 27.9. The van der Waals surface area contributed by atoms with Crippen LogP contribution in [0.5, 0.6) is 0 Å². The third-order valence-corrected chi connectivity index (χ3v) is 8.30. The van der Waals surface area contributed by atoms with Gasteiger partial charge in [0.15, 0.2) is 5.16 Å². The molecule has 10 heteroatoms. The predicted octanol–water partition coefficient (Wildman–Crippen LogP) is 4.51. The first kappa shape index (κ1) is 24.3. The van der Waals surface area contributed by atoms with Gasteiger partial charge in [-0.05, 0) is 56.2 Å². The highest BCUT2D eigenvalue weighted by molar-refractivity contribution is 8.00. The van der Waals surface area contributed by atoms with Crippen LogP contribution in [0.2, 0.25) is 5.02 Å². The highest BCUT2D eigenvalue weighted by atomic mass is 35.5. The van der Waals surface area contributed by atoms with Crippen LogP contribution >= 0.6 is 23.4 Å². The Hall–Kier alpha value is -2.33. The Morgan fingerprint density at radius 1 is 1.22 bits per heavy atom. The van der Waals surface area contributed by atoms with E-state index in [0.29, 0.717) is 15.9 Å². The van der Waals surface area contributed by atoms with Gasteiger partial charge in [-0.25, -0.2) is 17.7 Å². The summed E-state index contributed by atoms with van der Waals surface area (Å²) >= 11 is 7.56. The molecule has 1 unspecified atom stereocenters. The average Bonchev–Trinajstić information content (AvgIpc) is 3.19. The zero-order valence-corrected chi connectivity index (χ0v) is 20.8. The van der Waals surface area contributed by atoms with Gasteiger partial charge < -0.3 is 5.32 Å². The van der Waals surface area contributed by atoms with Crippen LogP contribution in [0.25, 0.3) is 5.69 Å². The summed E-state index contributed by atoms with van der Waals surface area (Å²) in [7, 11) is -0.668. The molecule has 0 aliphatic rings. The van der Waals surface area contributed by atoms with Crippen molar-refractivity contribution in [1.82, 2.24) is 13.9 Å². The molecule has 0 spiro atoms. The number of carbonyl (C=O) groups is 1. The fraction of sp³-hybridized carbons (Fsp3) is 0.273. The maximum atomic E-state index is 12.9. The molecule has 1 heterocycles. The van der Waals surface area contributed by atoms with E-state index >= 15 is 0 Å². The number of hydrogen-bond acceptors (Lipinski definition) is 5. The van der Waals surface area contributed by atoms with Gasteiger partial charge in [0.1, 0.15) is 0 Å². The van der Waals surface area contributed by atoms with E-state index in [1.165, 1.54) is 38.0 Å². The molecule has 1 atom stereocenters. The van der Waals surface area contributed by atoms with Gasteiger partial charge in [-0.3, -0.25) is 9.36 Å². The molecule has 1 amide bonds. The number of aryl methyl sites for hydroxylation is 1. The van der Waals surface area contributed by atoms with E-state index in [1.807, 2.05) is 42.8 Å². The summed E-state index contributed by atoms with van der Waals surface area (Å²) in [6.45, 7) is 5.52. The Labute approximate surface area is 197 Å². The van der Waals surface area contributed by atoms with E-state index in [4.69, 9.17) is 11.6 Å². The third kappa shape index (κ3) is 5.01. The van der Waals surface area contributed by atoms with Gasteiger partial charge in [0, 0.05) is 37.2 Å². The molecule has 1 N–H and O–H groups in total. The molecule has 32 heavy (non-hydrogen) atoms. The first-order valence-electron chi connectivity index (χ1n) is 9.82. The molecule has 0 aliphatic carbocycles. The maximum absolute atomic E-state index is 12.9. The predicted molar refractivity (Wildman–Crippen MR) is 129 cm³/mol. The molecule has 0 radical (unpaired) electrons. The van der Waals surface area contributed by atoms with Gasteiger partial charge in [0.2, 0.25) is 15.9 Å². The smallest absolute Gasteiger partial charge is 0.242 e. The Bertz CT molecular complexity index is 1260. The zero-order chi connectivity index (χ0) is 23.6. The highest BCUT2D eigenvalue weighted by Gasteiger charge is 2.22. The van der Waals surface area contributed by atoms with Crippen LogP contribution in [0.4, 0.5) is 5.69 Å². The van der Waals surface area contributed by atoms with Crippen molar-refractivity contribution in [2.24, 2.45) is 0 Å². The Balaban J connectivity index is 1.80. The van der Waals surface area contributed by atoms with Crippen molar-refractivity contribution < 1.29 is 13.2 Å². The number of nitrogens with zero attached hydrogens (tertiary/aromatic N) is 3. The fourth-order valence-electron chi connectivity index (χ4n) is 2.97. The van der Waals surface area contributed by atoms with Gasteiger partial charge in [-0.15, -0.1) is 0 Å². The molecular formula is C22H25ClN4O3S2. The summed E-state index contributed by atoms with van der Waals surface area (Å²) in [5.41, 5.74) is 3.03. The van der Waals surface area contributed by atoms with Crippen LogP contribution in [0.1, 0.15) is 18.1 Å². The molecule has 0 saturated heterocycles. The minimum Gasteiger partial charge on any atom is -0.325 e. The maximum Gasteiger partial charge on any atom is 0.242 e. The largest absolute Gasteiger partial charge is 0.325 e. The van der Waals surface area contributed by atoms with E-state index < -0.39 is 15.3 Å². The van der Waals surface area contributed by atoms with Gasteiger partial charge in [0.05, 0.1) is 15.8 Å². The van der Waals surface area contributed by atoms with E-state index in [0.717, 1.165) is 21.1 Å². The molecule has 3 rings (SSSR count). The molecule has 2 aromatic carbocycles. The molecule has 1 aromatic heterocycles. The summed E-state index contributed by atoms with van der Waals surface area (Å²) in [5, 5.41) is 3.68. The lowest BCUT2D eigenvalue weighted by molar-refractivity contribution is -0.115. The molecule has 7 nitrogen and oxygen atoms in total. The molecule has 0 saturated carbocycles. The standard InChI is InChI=1S/C22H25ClN4O3S2/c1-14-9-10-17(32(29,30)26(4)5)13-19(14)25-21(28)16(3)31-22-24-11-12-27(22)20-8-6-7-18(23)15(20)2/h6-13,16H,1-5H3,(H,25,28). The third-order valence-electron chi connectivity index (χ3n) is 5.00. The van der Waals surface area contributed by atoms with Crippen LogP contribution in [-0.4, -0.2) is 47.5 Å². The summed E-state index contributed by atoms with van der Waals surface area (Å²) in [5.74, 6) is -0.255. The fourth-order valence-corrected chi connectivity index (χ4v) is 4.95. The van der Waals surface area contributed by atoms with Crippen molar-refractivity contribution in [1.29, 1.82) is 0 Å². The lowest BCUT2D eigenvalue weighted by atomic mass is 10.2. The number of aromatic nitrogens is 2. The number of sulfonamides is 1. The van der Waals surface area contributed by atoms with Crippen LogP contribution in [0.15, 0.2) is 58.8 Å². The van der Waals surface area contributed by atoms with Crippen molar-refractivity contribution in [3.63, 3.8) is 0 Å². The lowest BCUT2D eigenvalue weighted by Gasteiger charge is -2.17. The summed E-state index contributed by atoms with van der Waals surface area (Å²) in [6, 6.07) is 10.3. The lowest BCUT2D eigenvalue weighted by Crippen LogP contribution is -2.25. The number of anilines is 1. The van der Waals surface area contributed by atoms with Crippen molar-refractivity contribution >= 4 is 45.0 Å². The number of thioether (sulfide) groups is 1. The molecular weight excluding hydrogens is 468 g/mol. The summed E-state index contributed by atoms with van der Waals surface area (Å²) in [4.78, 5) is 17.4. The van der Waals surface area contributed by atoms with Crippen LogP contribution in [-0.2, 0) is 14.8 Å². The van der Waals surface area contributed by atoms with Gasteiger partial charge in [-0.1, -0.05) is 35.5 Å². The number of carbonyl (C=O) groups excluding carboxylic acids is 1. The van der Waals surface area contributed by atoms with Crippen molar-refractivity contribution in [2.75, 3.05) is 19.4 Å². The number of amides is 1. The normalized spacial score (nSPS) is 12.7. The number of rotatable bonds is 7. The van der Waals surface area contributed by atoms with Crippen molar-refractivity contribution in [3.8, 4) is 5.69 Å². The number of hydrogen-bond donors (Lipinski definition) is 1. The second kappa shape index (κ2) is 9.66. The minimum absolute atomic E-state index is 0.121. The van der Waals surface area contributed by atoms with Crippen LogP contribution in [0.3, 0.4) is 0 Å². The van der Waals surface area contributed by atoms with Crippen molar-refractivity contribution in [2.45, 2.75) is 36.1 Å². The van der Waals surface area contributed by atoms with Gasteiger partial charge in [-0.2, -0.15) is 0 Å². The number of imidazole rings is 1. The second-order valence-corrected chi connectivity index (χ2v) is 11.3. The monoisotopic (exact) mass is 492 g/mol. The molecule has 3 aromatic rings. The zero-order valence-electron chi connectivity index (χ0n) is 18.5. The van der Waals surface area contributed by atoms with Crippen LogP contribution in [0, 0.1) is 13.8 Å². The first-order chi connectivity index (χ1) is 15.0. The first-order valence-corrected chi connectivity index (χ1v) is 12.5. The quantitative estimate of drug-likeness (QED) is 0.490. The number of nitrogens with one attached hydrogen (secondary N) is 1. The molecule has 0 aliphatic heterocycles.